The van der Waals surface area contributed by atoms with E-state index in [1.807, 2.05) is 17.5 Å². The highest BCUT2D eigenvalue weighted by Gasteiger charge is 2.29. The zero-order valence-electron chi connectivity index (χ0n) is 18.1. The summed E-state index contributed by atoms with van der Waals surface area (Å²) < 4.78 is 0. The van der Waals surface area contributed by atoms with Gasteiger partial charge in [-0.25, -0.2) is 4.98 Å². The number of H-pyrrole nitrogens is 1. The minimum atomic E-state index is -0.0620. The van der Waals surface area contributed by atoms with E-state index in [2.05, 4.69) is 9.88 Å². The summed E-state index contributed by atoms with van der Waals surface area (Å²) >= 11 is 1.45. The molecule has 1 N–H and O–H groups in total. The smallest absolute Gasteiger partial charge is 0.264 e. The average molecular weight is 441 g/mol. The fraction of sp³-hybridized carbons (Fsp3) is 0.625. The molecule has 166 valence electrons. The van der Waals surface area contributed by atoms with Gasteiger partial charge in [0.1, 0.15) is 5.82 Å². The van der Waals surface area contributed by atoms with Crippen molar-refractivity contribution < 1.29 is 4.79 Å². The number of piperidine rings is 1. The highest BCUT2D eigenvalue weighted by molar-refractivity contribution is 7.12. The first-order valence-corrected chi connectivity index (χ1v) is 12.7. The molecule has 31 heavy (non-hydrogen) atoms. The van der Waals surface area contributed by atoms with Gasteiger partial charge < -0.3 is 14.8 Å². The Labute approximate surface area is 187 Å². The van der Waals surface area contributed by atoms with Crippen LogP contribution < -0.4 is 5.56 Å². The molecule has 4 heterocycles. The number of hydrogen-bond donors (Lipinski definition) is 1. The molecule has 1 amide bonds. The van der Waals surface area contributed by atoms with Crippen molar-refractivity contribution in [3.05, 3.63) is 49.8 Å². The van der Waals surface area contributed by atoms with E-state index >= 15 is 0 Å². The maximum Gasteiger partial charge on any atom is 0.264 e. The van der Waals surface area contributed by atoms with Gasteiger partial charge in [-0.15, -0.1) is 11.3 Å². The summed E-state index contributed by atoms with van der Waals surface area (Å²) in [6.45, 7) is 4.35. The molecule has 7 heteroatoms. The van der Waals surface area contributed by atoms with E-state index in [4.69, 9.17) is 4.98 Å². The van der Waals surface area contributed by atoms with Crippen LogP contribution in [0.3, 0.4) is 0 Å². The van der Waals surface area contributed by atoms with Crippen LogP contribution >= 0.6 is 11.3 Å². The molecule has 2 fully saturated rings. The number of thiophene rings is 1. The van der Waals surface area contributed by atoms with Gasteiger partial charge in [-0.2, -0.15) is 0 Å². The van der Waals surface area contributed by atoms with Gasteiger partial charge in [-0.3, -0.25) is 9.59 Å². The molecule has 5 rings (SSSR count). The Balaban J connectivity index is 1.28. The molecule has 6 nitrogen and oxygen atoms in total. The number of hydrogen-bond acceptors (Lipinski definition) is 5. The van der Waals surface area contributed by atoms with Gasteiger partial charge in [0.2, 0.25) is 0 Å². The van der Waals surface area contributed by atoms with Crippen LogP contribution in [-0.4, -0.2) is 51.9 Å². The second-order valence-corrected chi connectivity index (χ2v) is 10.4. The number of fused-ring (bicyclic) bond motifs is 1. The lowest BCUT2D eigenvalue weighted by molar-refractivity contribution is 0.0737. The van der Waals surface area contributed by atoms with Gasteiger partial charge >= 0.3 is 0 Å². The molecule has 2 aromatic heterocycles. The van der Waals surface area contributed by atoms with Crippen LogP contribution in [0.2, 0.25) is 0 Å². The molecule has 2 aromatic rings. The normalized spacial score (nSPS) is 23.0. The minimum absolute atomic E-state index is 0.00904. The van der Waals surface area contributed by atoms with Crippen LogP contribution in [0.5, 0.6) is 0 Å². The Bertz CT molecular complexity index is 964. The van der Waals surface area contributed by atoms with Crippen LogP contribution in [-0.2, 0) is 13.0 Å². The first kappa shape index (κ1) is 20.9. The number of aromatic amines is 1. The van der Waals surface area contributed by atoms with Crippen molar-refractivity contribution in [2.45, 2.75) is 63.8 Å². The maximum atomic E-state index is 12.9. The molecule has 1 atom stereocenters. The predicted octanol–water partition coefficient (Wildman–Crippen LogP) is 3.79. The quantitative estimate of drug-likeness (QED) is 0.785. The van der Waals surface area contributed by atoms with Gasteiger partial charge in [-0.1, -0.05) is 25.3 Å². The second-order valence-electron chi connectivity index (χ2n) is 9.43. The molecule has 2 aliphatic heterocycles. The fourth-order valence-electron chi connectivity index (χ4n) is 5.55. The van der Waals surface area contributed by atoms with Gasteiger partial charge in [0.05, 0.1) is 22.7 Å². The highest BCUT2D eigenvalue weighted by Crippen LogP contribution is 2.29. The third-order valence-corrected chi connectivity index (χ3v) is 8.10. The lowest BCUT2D eigenvalue weighted by Gasteiger charge is -2.36. The summed E-state index contributed by atoms with van der Waals surface area (Å²) in [5.74, 6) is 2.01. The predicted molar refractivity (Wildman–Crippen MR) is 123 cm³/mol. The van der Waals surface area contributed by atoms with E-state index < -0.39 is 0 Å². The standard InChI is InChI=1S/C24H32N4O2S/c29-23-19-16-28(24(30)21-9-5-13-31-21)12-10-20(19)25-22(26-23)18-8-4-11-27(15-18)14-17-6-2-1-3-7-17/h5,9,13,17-18H,1-4,6-8,10-12,14-16H2,(H,25,26,29)/t18-/m0/s1. The number of carbonyl (C=O) groups excluding carboxylic acids is 1. The van der Waals surface area contributed by atoms with Crippen LogP contribution in [0, 0.1) is 5.92 Å². The number of aromatic nitrogens is 2. The summed E-state index contributed by atoms with van der Waals surface area (Å²) in [6, 6.07) is 3.73. The molecule has 0 spiro atoms. The summed E-state index contributed by atoms with van der Waals surface area (Å²) in [5, 5.41) is 1.91. The van der Waals surface area contributed by atoms with E-state index in [0.29, 0.717) is 31.0 Å². The summed E-state index contributed by atoms with van der Waals surface area (Å²) in [5.41, 5.74) is 1.49. The molecule has 1 saturated heterocycles. The van der Waals surface area contributed by atoms with Crippen molar-refractivity contribution in [3.63, 3.8) is 0 Å². The molecule has 1 saturated carbocycles. The SMILES string of the molecule is O=C(c1cccs1)N1CCc2nc([C@H]3CCCN(CC4CCCCC4)C3)[nH]c(=O)c2C1. The maximum absolute atomic E-state index is 12.9. The van der Waals surface area contributed by atoms with E-state index in [-0.39, 0.29) is 11.5 Å². The van der Waals surface area contributed by atoms with Crippen LogP contribution in [0.1, 0.15) is 77.6 Å². The Hall–Kier alpha value is -1.99. The van der Waals surface area contributed by atoms with Gasteiger partial charge in [-0.05, 0) is 49.6 Å². The van der Waals surface area contributed by atoms with E-state index in [9.17, 15) is 9.59 Å². The number of amides is 1. The summed E-state index contributed by atoms with van der Waals surface area (Å²) in [7, 11) is 0. The monoisotopic (exact) mass is 440 g/mol. The third kappa shape index (κ3) is 4.62. The molecule has 3 aliphatic rings. The molecular formula is C24H32N4O2S. The van der Waals surface area contributed by atoms with Crippen molar-refractivity contribution in [1.29, 1.82) is 0 Å². The largest absolute Gasteiger partial charge is 0.333 e. The molecule has 1 aliphatic carbocycles. The lowest BCUT2D eigenvalue weighted by Crippen LogP contribution is -2.41. The Kier molecular flexibility index (Phi) is 6.23. The topological polar surface area (TPSA) is 69.3 Å². The lowest BCUT2D eigenvalue weighted by atomic mass is 9.87. The Morgan fingerprint density at radius 2 is 2.03 bits per heavy atom. The zero-order chi connectivity index (χ0) is 21.2. The van der Waals surface area contributed by atoms with Crippen molar-refractivity contribution >= 4 is 17.2 Å². The first-order chi connectivity index (χ1) is 15.2. The Morgan fingerprint density at radius 1 is 1.16 bits per heavy atom. The molecule has 0 radical (unpaired) electrons. The third-order valence-electron chi connectivity index (χ3n) is 7.24. The van der Waals surface area contributed by atoms with Crippen LogP contribution in [0.15, 0.2) is 22.3 Å². The molecule has 0 aromatic carbocycles. The summed E-state index contributed by atoms with van der Waals surface area (Å²) in [6.07, 6.45) is 9.82. The minimum Gasteiger partial charge on any atom is -0.333 e. The number of rotatable bonds is 4. The Morgan fingerprint density at radius 3 is 2.84 bits per heavy atom. The fourth-order valence-corrected chi connectivity index (χ4v) is 6.24. The molecule has 0 bridgehead atoms. The second kappa shape index (κ2) is 9.25. The highest BCUT2D eigenvalue weighted by atomic mass is 32.1. The van der Waals surface area contributed by atoms with Crippen molar-refractivity contribution in [3.8, 4) is 0 Å². The van der Waals surface area contributed by atoms with E-state index in [1.165, 1.54) is 63.0 Å². The average Bonchev–Trinajstić information content (AvgIpc) is 3.34. The first-order valence-electron chi connectivity index (χ1n) is 11.8. The number of nitrogens with one attached hydrogen (secondary N) is 1. The van der Waals surface area contributed by atoms with Gasteiger partial charge in [0.15, 0.2) is 0 Å². The van der Waals surface area contributed by atoms with Crippen LogP contribution in [0.25, 0.3) is 0 Å². The van der Waals surface area contributed by atoms with Crippen molar-refractivity contribution in [2.24, 2.45) is 5.92 Å². The number of likely N-dealkylation sites (tertiary alicyclic amines) is 1. The van der Waals surface area contributed by atoms with Gasteiger partial charge in [0.25, 0.3) is 11.5 Å². The van der Waals surface area contributed by atoms with E-state index in [1.54, 1.807) is 4.90 Å². The molecule has 0 unspecified atom stereocenters. The van der Waals surface area contributed by atoms with E-state index in [0.717, 1.165) is 35.3 Å². The zero-order valence-corrected chi connectivity index (χ0v) is 19.0. The van der Waals surface area contributed by atoms with Gasteiger partial charge in [0, 0.05) is 32.0 Å². The number of carbonyl (C=O) groups is 1. The van der Waals surface area contributed by atoms with Crippen LogP contribution in [0.4, 0.5) is 0 Å². The summed E-state index contributed by atoms with van der Waals surface area (Å²) in [4.78, 5) is 38.7. The van der Waals surface area contributed by atoms with Crippen molar-refractivity contribution in [2.75, 3.05) is 26.2 Å². The number of nitrogens with zero attached hydrogens (tertiary/aromatic N) is 3. The molecular weight excluding hydrogens is 408 g/mol. The van der Waals surface area contributed by atoms with Crippen molar-refractivity contribution in [1.82, 2.24) is 19.8 Å².